The van der Waals surface area contributed by atoms with E-state index in [0.29, 0.717) is 11.5 Å². The van der Waals surface area contributed by atoms with E-state index < -0.39 is 10.0 Å². The van der Waals surface area contributed by atoms with E-state index in [9.17, 15) is 13.2 Å². The maximum Gasteiger partial charge on any atom is 0.263 e. The number of aliphatic imine (C=N–C) groups is 1. The van der Waals surface area contributed by atoms with Gasteiger partial charge < -0.3 is 5.32 Å². The Kier molecular flexibility index (Phi) is 4.39. The van der Waals surface area contributed by atoms with Gasteiger partial charge in [-0.3, -0.25) is 14.5 Å². The Morgan fingerprint density at radius 2 is 2.04 bits per heavy atom. The predicted molar refractivity (Wildman–Crippen MR) is 87.7 cm³/mol. The van der Waals surface area contributed by atoms with Crippen LogP contribution in [-0.4, -0.2) is 32.7 Å². The summed E-state index contributed by atoms with van der Waals surface area (Å²) in [5.41, 5.74) is 0.520. The van der Waals surface area contributed by atoms with Crippen molar-refractivity contribution < 1.29 is 13.2 Å². The van der Waals surface area contributed by atoms with Gasteiger partial charge in [-0.1, -0.05) is 31.9 Å². The largest absolute Gasteiger partial charge is 0.351 e. The molecule has 1 aliphatic carbocycles. The number of carbonyl (C=O) groups is 1. The van der Waals surface area contributed by atoms with Crippen molar-refractivity contribution in [2.24, 2.45) is 10.9 Å². The van der Waals surface area contributed by atoms with E-state index in [2.05, 4.69) is 22.0 Å². The first-order valence-electron chi connectivity index (χ1n) is 7.93. The number of sulfonamides is 1. The maximum absolute atomic E-state index is 12.1. The molecular formula is C16H21N3O3S. The summed E-state index contributed by atoms with van der Waals surface area (Å²) in [6.45, 7) is 2.08. The van der Waals surface area contributed by atoms with Crippen LogP contribution in [0.3, 0.4) is 0 Å². The fourth-order valence-electron chi connectivity index (χ4n) is 3.19. The van der Waals surface area contributed by atoms with Crippen molar-refractivity contribution in [3.8, 4) is 0 Å². The third-order valence-corrected chi connectivity index (χ3v) is 5.90. The standard InChI is InChI=1S/C16H21N3O3S/c1-11-6-2-4-8-13(11)18-15(20)10-17-16-12-7-3-5-9-14(12)23(21,22)19-16/h3,5,7,9,11,13H,2,4,6,8,10H2,1H3,(H,17,19)(H,18,20). The van der Waals surface area contributed by atoms with E-state index in [1.54, 1.807) is 18.2 Å². The number of benzene rings is 1. The molecule has 0 spiro atoms. The molecule has 3 rings (SSSR count). The molecule has 0 aromatic heterocycles. The van der Waals surface area contributed by atoms with Gasteiger partial charge >= 0.3 is 0 Å². The average Bonchev–Trinajstić information content (AvgIpc) is 2.79. The Morgan fingerprint density at radius 3 is 2.83 bits per heavy atom. The van der Waals surface area contributed by atoms with E-state index in [1.807, 2.05) is 0 Å². The molecule has 2 atom stereocenters. The van der Waals surface area contributed by atoms with Crippen molar-refractivity contribution in [2.45, 2.75) is 43.5 Å². The first-order valence-corrected chi connectivity index (χ1v) is 9.42. The SMILES string of the molecule is CC1CCCCC1NC(=O)CN=C1NS(=O)(=O)c2ccccc21. The highest BCUT2D eigenvalue weighted by molar-refractivity contribution is 7.90. The normalized spacial score (nSPS) is 27.3. The molecule has 1 aromatic rings. The molecule has 1 aliphatic heterocycles. The number of amidine groups is 1. The van der Waals surface area contributed by atoms with Gasteiger partial charge in [-0.05, 0) is 30.9 Å². The highest BCUT2D eigenvalue weighted by atomic mass is 32.2. The monoisotopic (exact) mass is 335 g/mol. The lowest BCUT2D eigenvalue weighted by Crippen LogP contribution is -2.42. The zero-order chi connectivity index (χ0) is 16.4. The maximum atomic E-state index is 12.1. The lowest BCUT2D eigenvalue weighted by molar-refractivity contribution is -0.120. The Labute approximate surface area is 136 Å². The van der Waals surface area contributed by atoms with Crippen LogP contribution in [0, 0.1) is 5.92 Å². The molecule has 0 bridgehead atoms. The lowest BCUT2D eigenvalue weighted by Gasteiger charge is -2.29. The molecule has 23 heavy (non-hydrogen) atoms. The van der Waals surface area contributed by atoms with Crippen LogP contribution in [0.4, 0.5) is 0 Å². The molecule has 6 nitrogen and oxygen atoms in total. The van der Waals surface area contributed by atoms with Crippen LogP contribution in [0.15, 0.2) is 34.2 Å². The topological polar surface area (TPSA) is 87.6 Å². The van der Waals surface area contributed by atoms with Crippen LogP contribution in [0.2, 0.25) is 0 Å². The molecule has 1 heterocycles. The molecule has 1 aromatic carbocycles. The van der Waals surface area contributed by atoms with E-state index in [1.165, 1.54) is 12.5 Å². The smallest absolute Gasteiger partial charge is 0.263 e. The number of carbonyl (C=O) groups excluding carboxylic acids is 1. The minimum atomic E-state index is -3.55. The van der Waals surface area contributed by atoms with Gasteiger partial charge in [0.25, 0.3) is 10.0 Å². The Bertz CT molecular complexity index is 743. The second-order valence-corrected chi connectivity index (χ2v) is 7.85. The molecule has 1 fully saturated rings. The number of nitrogens with zero attached hydrogens (tertiary/aromatic N) is 1. The van der Waals surface area contributed by atoms with Crippen molar-refractivity contribution in [3.05, 3.63) is 29.8 Å². The summed E-state index contributed by atoms with van der Waals surface area (Å²) in [5, 5.41) is 3.01. The number of hydrogen-bond acceptors (Lipinski definition) is 4. The van der Waals surface area contributed by atoms with Gasteiger partial charge in [0, 0.05) is 11.6 Å². The molecule has 1 amide bonds. The van der Waals surface area contributed by atoms with Gasteiger partial charge in [-0.25, -0.2) is 8.42 Å². The van der Waals surface area contributed by atoms with Gasteiger partial charge in [0.1, 0.15) is 12.4 Å². The van der Waals surface area contributed by atoms with Crippen molar-refractivity contribution >= 4 is 21.8 Å². The number of hydrogen-bond donors (Lipinski definition) is 2. The zero-order valence-corrected chi connectivity index (χ0v) is 13.9. The quantitative estimate of drug-likeness (QED) is 0.876. The van der Waals surface area contributed by atoms with Crippen LogP contribution < -0.4 is 10.0 Å². The molecule has 0 radical (unpaired) electrons. The second kappa shape index (κ2) is 6.31. The Balaban J connectivity index is 1.68. The molecular weight excluding hydrogens is 314 g/mol. The first-order chi connectivity index (χ1) is 11.0. The summed E-state index contributed by atoms with van der Waals surface area (Å²) < 4.78 is 26.4. The summed E-state index contributed by atoms with van der Waals surface area (Å²) in [6.07, 6.45) is 4.48. The minimum Gasteiger partial charge on any atom is -0.351 e. The number of fused-ring (bicyclic) bond motifs is 1. The first kappa shape index (κ1) is 16.0. The summed E-state index contributed by atoms with van der Waals surface area (Å²) in [4.78, 5) is 16.5. The van der Waals surface area contributed by atoms with Gasteiger partial charge in [-0.15, -0.1) is 0 Å². The van der Waals surface area contributed by atoms with Crippen molar-refractivity contribution in [1.82, 2.24) is 10.0 Å². The lowest BCUT2D eigenvalue weighted by atomic mass is 9.86. The molecule has 2 N–H and O–H groups in total. The fourth-order valence-corrected chi connectivity index (χ4v) is 4.44. The molecule has 124 valence electrons. The van der Waals surface area contributed by atoms with E-state index in [-0.39, 0.29) is 29.2 Å². The Hall–Kier alpha value is -1.89. The van der Waals surface area contributed by atoms with Crippen molar-refractivity contribution in [2.75, 3.05) is 6.54 Å². The van der Waals surface area contributed by atoms with Crippen LogP contribution in [0.25, 0.3) is 0 Å². The van der Waals surface area contributed by atoms with Gasteiger partial charge in [0.15, 0.2) is 0 Å². The second-order valence-electron chi connectivity index (χ2n) is 6.20. The van der Waals surface area contributed by atoms with Crippen molar-refractivity contribution in [3.63, 3.8) is 0 Å². The summed E-state index contributed by atoms with van der Waals surface area (Å²) in [6, 6.07) is 6.83. The summed E-state index contributed by atoms with van der Waals surface area (Å²) in [5.74, 6) is 0.554. The molecule has 7 heteroatoms. The van der Waals surface area contributed by atoms with E-state index in [0.717, 1.165) is 19.3 Å². The van der Waals surface area contributed by atoms with E-state index >= 15 is 0 Å². The molecule has 2 aliphatic rings. The van der Waals surface area contributed by atoms with E-state index in [4.69, 9.17) is 0 Å². The summed E-state index contributed by atoms with van der Waals surface area (Å²) in [7, 11) is -3.55. The summed E-state index contributed by atoms with van der Waals surface area (Å²) >= 11 is 0. The van der Waals surface area contributed by atoms with Crippen LogP contribution in [-0.2, 0) is 14.8 Å². The van der Waals surface area contributed by atoms with Gasteiger partial charge in [0.05, 0.1) is 4.90 Å². The fraction of sp³-hybridized carbons (Fsp3) is 0.500. The number of rotatable bonds is 3. The van der Waals surface area contributed by atoms with Crippen molar-refractivity contribution in [1.29, 1.82) is 0 Å². The Morgan fingerprint density at radius 1 is 1.30 bits per heavy atom. The van der Waals surface area contributed by atoms with Crippen LogP contribution >= 0.6 is 0 Å². The highest BCUT2D eigenvalue weighted by Gasteiger charge is 2.30. The zero-order valence-electron chi connectivity index (χ0n) is 13.1. The molecule has 1 saturated carbocycles. The van der Waals surface area contributed by atoms with Gasteiger partial charge in [-0.2, -0.15) is 0 Å². The third-order valence-electron chi connectivity index (χ3n) is 4.50. The van der Waals surface area contributed by atoms with Gasteiger partial charge in [0.2, 0.25) is 5.91 Å². The molecule has 2 unspecified atom stereocenters. The van der Waals surface area contributed by atoms with Crippen LogP contribution in [0.5, 0.6) is 0 Å². The highest BCUT2D eigenvalue weighted by Crippen LogP contribution is 2.24. The minimum absolute atomic E-state index is 0.0740. The predicted octanol–water partition coefficient (Wildman–Crippen LogP) is 1.42. The number of nitrogens with one attached hydrogen (secondary N) is 2. The molecule has 0 saturated heterocycles. The third kappa shape index (κ3) is 3.39. The van der Waals surface area contributed by atoms with Crippen LogP contribution in [0.1, 0.15) is 38.2 Å². The average molecular weight is 335 g/mol. The number of amides is 1.